The molecule has 108 valence electrons. The first-order valence-electron chi connectivity index (χ1n) is 6.45. The van der Waals surface area contributed by atoms with Crippen molar-refractivity contribution < 1.29 is 12.8 Å². The van der Waals surface area contributed by atoms with Crippen LogP contribution in [0.5, 0.6) is 0 Å². The summed E-state index contributed by atoms with van der Waals surface area (Å²) in [7, 11) is -1.09. The summed E-state index contributed by atoms with van der Waals surface area (Å²) in [5.74, 6) is -0.0317. The van der Waals surface area contributed by atoms with E-state index in [2.05, 4.69) is 0 Å². The minimum absolute atomic E-state index is 0.0411. The van der Waals surface area contributed by atoms with E-state index in [1.807, 2.05) is 30.1 Å². The van der Waals surface area contributed by atoms with E-state index < -0.39 is 15.6 Å². The van der Waals surface area contributed by atoms with Gasteiger partial charge in [0.2, 0.25) is 0 Å². The Morgan fingerprint density at radius 2 is 2.15 bits per heavy atom. The first-order valence-corrected chi connectivity index (χ1v) is 8.27. The molecule has 0 aliphatic carbocycles. The summed E-state index contributed by atoms with van der Waals surface area (Å²) in [6, 6.07) is 7.17. The lowest BCUT2D eigenvalue weighted by atomic mass is 10.2. The topological polar surface area (TPSA) is 72.5 Å². The van der Waals surface area contributed by atoms with Gasteiger partial charge in [-0.1, -0.05) is 12.1 Å². The summed E-state index contributed by atoms with van der Waals surface area (Å²) in [5.41, 5.74) is 1.27. The molecule has 7 heteroatoms. The Hall–Kier alpha value is -1.60. The third-order valence-corrected chi connectivity index (χ3v) is 5.52. The highest BCUT2D eigenvalue weighted by molar-refractivity contribution is 7.91. The van der Waals surface area contributed by atoms with E-state index in [0.717, 1.165) is 5.52 Å². The maximum atomic E-state index is 11.9. The first kappa shape index (κ1) is 13.4. The molecule has 2 aromatic rings. The maximum absolute atomic E-state index is 11.9. The molecule has 0 bridgehead atoms. The van der Waals surface area contributed by atoms with Gasteiger partial charge >= 0.3 is 5.76 Å². The quantitative estimate of drug-likeness (QED) is 0.832. The molecule has 20 heavy (non-hydrogen) atoms. The van der Waals surface area contributed by atoms with E-state index in [9.17, 15) is 13.2 Å². The fraction of sp³-hybridized carbons (Fsp3) is 0.462. The van der Waals surface area contributed by atoms with Crippen LogP contribution in [0.15, 0.2) is 33.5 Å². The fourth-order valence-electron chi connectivity index (χ4n) is 2.61. The summed E-state index contributed by atoms with van der Waals surface area (Å²) < 4.78 is 29.7. The van der Waals surface area contributed by atoms with Gasteiger partial charge in [0, 0.05) is 6.04 Å². The van der Waals surface area contributed by atoms with Gasteiger partial charge in [0.1, 0.15) is 0 Å². The second-order valence-corrected chi connectivity index (χ2v) is 7.45. The van der Waals surface area contributed by atoms with Crippen LogP contribution in [-0.2, 0) is 16.5 Å². The number of rotatable bonds is 3. The molecule has 0 unspecified atom stereocenters. The van der Waals surface area contributed by atoms with Crippen molar-refractivity contribution in [1.29, 1.82) is 0 Å². The van der Waals surface area contributed by atoms with E-state index in [1.165, 1.54) is 4.57 Å². The molecule has 0 saturated carbocycles. The molecule has 3 rings (SSSR count). The van der Waals surface area contributed by atoms with Crippen LogP contribution in [0.2, 0.25) is 0 Å². The van der Waals surface area contributed by atoms with Gasteiger partial charge in [0.25, 0.3) is 0 Å². The largest absolute Gasteiger partial charge is 0.421 e. The normalized spacial score (nSPS) is 21.8. The highest BCUT2D eigenvalue weighted by Gasteiger charge is 2.31. The molecule has 2 heterocycles. The Morgan fingerprint density at radius 3 is 2.85 bits per heavy atom. The second kappa shape index (κ2) is 4.75. The monoisotopic (exact) mass is 296 g/mol. The Bertz CT molecular complexity index is 790. The van der Waals surface area contributed by atoms with Crippen LogP contribution in [-0.4, -0.2) is 42.5 Å². The lowest BCUT2D eigenvalue weighted by Crippen LogP contribution is -2.36. The fourth-order valence-corrected chi connectivity index (χ4v) is 4.41. The smallest absolute Gasteiger partial charge is 0.408 e. The zero-order valence-corrected chi connectivity index (χ0v) is 12.0. The third kappa shape index (κ3) is 2.38. The SMILES string of the molecule is CN(Cn1c(=O)oc2ccccc21)[C@@H]1CCS(=O)(=O)C1. The number of oxazole rings is 1. The number of hydrogen-bond donors (Lipinski definition) is 0. The van der Waals surface area contributed by atoms with Gasteiger partial charge in [-0.25, -0.2) is 13.2 Å². The second-order valence-electron chi connectivity index (χ2n) is 5.22. The van der Waals surface area contributed by atoms with Crippen LogP contribution in [0.25, 0.3) is 11.1 Å². The molecule has 0 spiro atoms. The van der Waals surface area contributed by atoms with Crippen molar-refractivity contribution in [2.75, 3.05) is 18.6 Å². The Morgan fingerprint density at radius 1 is 1.40 bits per heavy atom. The molecular weight excluding hydrogens is 280 g/mol. The van der Waals surface area contributed by atoms with Crippen LogP contribution in [0, 0.1) is 0 Å². The molecule has 0 N–H and O–H groups in total. The van der Waals surface area contributed by atoms with Crippen molar-refractivity contribution >= 4 is 20.9 Å². The van der Waals surface area contributed by atoms with Crippen LogP contribution in [0.3, 0.4) is 0 Å². The summed E-state index contributed by atoms with van der Waals surface area (Å²) in [4.78, 5) is 13.8. The number of benzene rings is 1. The minimum Gasteiger partial charge on any atom is -0.408 e. The Balaban J connectivity index is 1.86. The van der Waals surface area contributed by atoms with Gasteiger partial charge in [0.05, 0.1) is 23.7 Å². The predicted octanol–water partition coefficient (Wildman–Crippen LogP) is 0.671. The third-order valence-electron chi connectivity index (χ3n) is 3.77. The zero-order chi connectivity index (χ0) is 14.3. The van der Waals surface area contributed by atoms with E-state index in [-0.39, 0.29) is 17.5 Å². The van der Waals surface area contributed by atoms with Crippen molar-refractivity contribution in [1.82, 2.24) is 9.47 Å². The molecule has 1 aromatic carbocycles. The minimum atomic E-state index is -2.92. The van der Waals surface area contributed by atoms with Gasteiger partial charge in [-0.3, -0.25) is 9.47 Å². The van der Waals surface area contributed by atoms with Crippen LogP contribution in [0.1, 0.15) is 6.42 Å². The summed E-state index contributed by atoms with van der Waals surface area (Å²) in [6.45, 7) is 0.329. The van der Waals surface area contributed by atoms with Crippen molar-refractivity contribution in [3.63, 3.8) is 0 Å². The lowest BCUT2D eigenvalue weighted by Gasteiger charge is -2.22. The summed E-state index contributed by atoms with van der Waals surface area (Å²) in [6.07, 6.45) is 0.614. The van der Waals surface area contributed by atoms with E-state index in [1.54, 1.807) is 6.07 Å². The number of hydrogen-bond acceptors (Lipinski definition) is 5. The zero-order valence-electron chi connectivity index (χ0n) is 11.2. The predicted molar refractivity (Wildman–Crippen MR) is 75.3 cm³/mol. The van der Waals surface area contributed by atoms with Crippen LogP contribution < -0.4 is 5.76 Å². The summed E-state index contributed by atoms with van der Waals surface area (Å²) in [5, 5.41) is 0. The number of sulfone groups is 1. The first-order chi connectivity index (χ1) is 9.46. The summed E-state index contributed by atoms with van der Waals surface area (Å²) >= 11 is 0. The van der Waals surface area contributed by atoms with Gasteiger partial charge in [-0.15, -0.1) is 0 Å². The molecule has 1 fully saturated rings. The highest BCUT2D eigenvalue weighted by Crippen LogP contribution is 2.18. The molecule has 6 nitrogen and oxygen atoms in total. The molecule has 0 radical (unpaired) electrons. The standard InChI is InChI=1S/C13H16N2O4S/c1-14(10-6-7-20(17,18)8-10)9-15-11-4-2-3-5-12(11)19-13(15)16/h2-5,10H,6-9H2,1H3/t10-/m1/s1. The van der Waals surface area contributed by atoms with E-state index >= 15 is 0 Å². The van der Waals surface area contributed by atoms with Gasteiger partial charge < -0.3 is 4.42 Å². The molecule has 1 saturated heterocycles. The Labute approximate surface area is 116 Å². The van der Waals surface area contributed by atoms with Crippen LogP contribution >= 0.6 is 0 Å². The number of fused-ring (bicyclic) bond motifs is 1. The van der Waals surface area contributed by atoms with Gasteiger partial charge in [0.15, 0.2) is 15.4 Å². The average molecular weight is 296 g/mol. The van der Waals surface area contributed by atoms with Crippen LogP contribution in [0.4, 0.5) is 0 Å². The number of para-hydroxylation sites is 2. The average Bonchev–Trinajstić information content (AvgIpc) is 2.91. The molecule has 1 atom stereocenters. The van der Waals surface area contributed by atoms with Gasteiger partial charge in [-0.05, 0) is 25.6 Å². The maximum Gasteiger partial charge on any atom is 0.421 e. The van der Waals surface area contributed by atoms with E-state index in [4.69, 9.17) is 4.42 Å². The van der Waals surface area contributed by atoms with Crippen molar-refractivity contribution in [2.45, 2.75) is 19.1 Å². The Kier molecular flexibility index (Phi) is 3.18. The molecule has 1 aliphatic heterocycles. The molecule has 1 aromatic heterocycles. The van der Waals surface area contributed by atoms with Crippen molar-refractivity contribution in [3.8, 4) is 0 Å². The highest BCUT2D eigenvalue weighted by atomic mass is 32.2. The molecule has 0 amide bonds. The number of aromatic nitrogens is 1. The number of nitrogens with zero attached hydrogens (tertiary/aromatic N) is 2. The molecular formula is C13H16N2O4S. The van der Waals surface area contributed by atoms with Gasteiger partial charge in [-0.2, -0.15) is 0 Å². The molecule has 1 aliphatic rings. The van der Waals surface area contributed by atoms with Crippen molar-refractivity contribution in [2.24, 2.45) is 0 Å². The lowest BCUT2D eigenvalue weighted by molar-refractivity contribution is 0.204. The van der Waals surface area contributed by atoms with Crippen molar-refractivity contribution in [3.05, 3.63) is 34.8 Å². The van der Waals surface area contributed by atoms with E-state index in [0.29, 0.717) is 18.7 Å².